The Morgan fingerprint density at radius 1 is 1.53 bits per heavy atom. The summed E-state index contributed by atoms with van der Waals surface area (Å²) in [5, 5.41) is 12.1. The van der Waals surface area contributed by atoms with Gasteiger partial charge in [0.1, 0.15) is 6.10 Å². The quantitative estimate of drug-likeness (QED) is 0.860. The maximum absolute atomic E-state index is 8.80. The van der Waals surface area contributed by atoms with Gasteiger partial charge in [0.15, 0.2) is 0 Å². The molecule has 0 aliphatic carbocycles. The lowest BCUT2D eigenvalue weighted by atomic mass is 9.93. The SMILES string of the molecule is CC(Oc1cc(C#N)ccn1)C1CCNCC1. The number of piperidine rings is 1. The minimum absolute atomic E-state index is 0.151. The number of hydrogen-bond donors (Lipinski definition) is 1. The zero-order chi connectivity index (χ0) is 12.1. The molecule has 2 rings (SSSR count). The Balaban J connectivity index is 1.97. The summed E-state index contributed by atoms with van der Waals surface area (Å²) < 4.78 is 5.81. The van der Waals surface area contributed by atoms with Crippen LogP contribution in [-0.4, -0.2) is 24.2 Å². The van der Waals surface area contributed by atoms with Gasteiger partial charge in [0.25, 0.3) is 0 Å². The molecule has 17 heavy (non-hydrogen) atoms. The Morgan fingerprint density at radius 2 is 2.29 bits per heavy atom. The summed E-state index contributed by atoms with van der Waals surface area (Å²) in [4.78, 5) is 4.13. The smallest absolute Gasteiger partial charge is 0.214 e. The second kappa shape index (κ2) is 5.65. The van der Waals surface area contributed by atoms with Gasteiger partial charge >= 0.3 is 0 Å². The van der Waals surface area contributed by atoms with E-state index in [0.717, 1.165) is 25.9 Å². The van der Waals surface area contributed by atoms with Crippen LogP contribution in [0.5, 0.6) is 5.88 Å². The van der Waals surface area contributed by atoms with E-state index in [2.05, 4.69) is 23.3 Å². The Bertz CT molecular complexity index is 407. The monoisotopic (exact) mass is 231 g/mol. The molecule has 1 aromatic rings. The Morgan fingerprint density at radius 3 is 3.00 bits per heavy atom. The van der Waals surface area contributed by atoms with E-state index < -0.39 is 0 Å². The van der Waals surface area contributed by atoms with Gasteiger partial charge in [-0.05, 0) is 44.8 Å². The first-order chi connectivity index (χ1) is 8.29. The van der Waals surface area contributed by atoms with Gasteiger partial charge < -0.3 is 10.1 Å². The third-order valence-corrected chi connectivity index (χ3v) is 3.22. The Hall–Kier alpha value is -1.60. The molecule has 4 nitrogen and oxygen atoms in total. The first kappa shape index (κ1) is 11.9. The molecule has 1 aromatic heterocycles. The van der Waals surface area contributed by atoms with Crippen molar-refractivity contribution in [2.75, 3.05) is 13.1 Å². The van der Waals surface area contributed by atoms with E-state index in [-0.39, 0.29) is 6.10 Å². The summed E-state index contributed by atoms with van der Waals surface area (Å²) >= 11 is 0. The number of nitrogens with zero attached hydrogens (tertiary/aromatic N) is 2. The third kappa shape index (κ3) is 3.18. The topological polar surface area (TPSA) is 57.9 Å². The van der Waals surface area contributed by atoms with E-state index in [9.17, 15) is 0 Å². The summed E-state index contributed by atoms with van der Waals surface area (Å²) in [6, 6.07) is 5.46. The highest BCUT2D eigenvalue weighted by molar-refractivity contribution is 5.31. The van der Waals surface area contributed by atoms with Crippen LogP contribution < -0.4 is 10.1 Å². The zero-order valence-corrected chi connectivity index (χ0v) is 10.0. The molecule has 1 aliphatic rings. The van der Waals surface area contributed by atoms with Crippen LogP contribution in [-0.2, 0) is 0 Å². The average molecular weight is 231 g/mol. The van der Waals surface area contributed by atoms with E-state index >= 15 is 0 Å². The fourth-order valence-corrected chi connectivity index (χ4v) is 2.14. The molecule has 4 heteroatoms. The lowest BCUT2D eigenvalue weighted by Gasteiger charge is -2.28. The summed E-state index contributed by atoms with van der Waals surface area (Å²) in [6.07, 6.45) is 4.04. The van der Waals surface area contributed by atoms with Crippen LogP contribution in [0.15, 0.2) is 18.3 Å². The highest BCUT2D eigenvalue weighted by atomic mass is 16.5. The second-order valence-electron chi connectivity index (χ2n) is 4.40. The molecule has 1 saturated heterocycles. The fourth-order valence-electron chi connectivity index (χ4n) is 2.14. The minimum atomic E-state index is 0.151. The molecule has 0 bridgehead atoms. The first-order valence-electron chi connectivity index (χ1n) is 6.03. The van der Waals surface area contributed by atoms with Gasteiger partial charge in [-0.25, -0.2) is 4.98 Å². The molecule has 0 radical (unpaired) electrons. The molecule has 2 heterocycles. The van der Waals surface area contributed by atoms with E-state index in [4.69, 9.17) is 10.00 Å². The maximum Gasteiger partial charge on any atom is 0.214 e. The predicted octanol–water partition coefficient (Wildman–Crippen LogP) is 1.72. The van der Waals surface area contributed by atoms with Crippen LogP contribution in [0.1, 0.15) is 25.3 Å². The first-order valence-corrected chi connectivity index (χ1v) is 6.03. The van der Waals surface area contributed by atoms with Crippen molar-refractivity contribution in [3.8, 4) is 11.9 Å². The van der Waals surface area contributed by atoms with Crippen LogP contribution in [0.3, 0.4) is 0 Å². The second-order valence-corrected chi connectivity index (χ2v) is 4.40. The summed E-state index contributed by atoms with van der Waals surface area (Å²) in [5.74, 6) is 1.12. The van der Waals surface area contributed by atoms with E-state index in [0.29, 0.717) is 17.4 Å². The molecule has 0 saturated carbocycles. The predicted molar refractivity (Wildman–Crippen MR) is 64.6 cm³/mol. The van der Waals surface area contributed by atoms with Gasteiger partial charge in [0.2, 0.25) is 5.88 Å². The van der Waals surface area contributed by atoms with Crippen LogP contribution in [0, 0.1) is 17.2 Å². The van der Waals surface area contributed by atoms with E-state index in [1.165, 1.54) is 0 Å². The highest BCUT2D eigenvalue weighted by Crippen LogP contribution is 2.20. The van der Waals surface area contributed by atoms with Crippen LogP contribution >= 0.6 is 0 Å². The van der Waals surface area contributed by atoms with Crippen molar-refractivity contribution in [1.82, 2.24) is 10.3 Å². The standard InChI is InChI=1S/C13H17N3O/c1-10(12-3-5-15-6-4-12)17-13-8-11(9-14)2-7-16-13/h2,7-8,10,12,15H,3-6H2,1H3. The molecule has 0 aromatic carbocycles. The van der Waals surface area contributed by atoms with Gasteiger partial charge in [-0.2, -0.15) is 5.26 Å². The molecular weight excluding hydrogens is 214 g/mol. The van der Waals surface area contributed by atoms with Crippen molar-refractivity contribution in [1.29, 1.82) is 5.26 Å². The Kier molecular flexibility index (Phi) is 3.94. The van der Waals surface area contributed by atoms with Crippen molar-refractivity contribution < 1.29 is 4.74 Å². The number of nitriles is 1. The van der Waals surface area contributed by atoms with E-state index in [1.807, 2.05) is 0 Å². The van der Waals surface area contributed by atoms with Gasteiger partial charge in [-0.3, -0.25) is 0 Å². The summed E-state index contributed by atoms with van der Waals surface area (Å²) in [7, 11) is 0. The summed E-state index contributed by atoms with van der Waals surface area (Å²) in [5.41, 5.74) is 0.590. The van der Waals surface area contributed by atoms with Crippen molar-refractivity contribution >= 4 is 0 Å². The normalized spacial score (nSPS) is 18.4. The number of pyridine rings is 1. The molecule has 1 N–H and O–H groups in total. The van der Waals surface area contributed by atoms with Crippen molar-refractivity contribution in [2.24, 2.45) is 5.92 Å². The highest BCUT2D eigenvalue weighted by Gasteiger charge is 2.21. The molecule has 1 atom stereocenters. The van der Waals surface area contributed by atoms with E-state index in [1.54, 1.807) is 18.3 Å². The lowest BCUT2D eigenvalue weighted by molar-refractivity contribution is 0.123. The molecule has 90 valence electrons. The number of rotatable bonds is 3. The molecule has 1 unspecified atom stereocenters. The maximum atomic E-state index is 8.80. The van der Waals surface area contributed by atoms with Crippen molar-refractivity contribution in [3.63, 3.8) is 0 Å². The number of nitrogens with one attached hydrogen (secondary N) is 1. The average Bonchev–Trinajstić information content (AvgIpc) is 2.40. The zero-order valence-electron chi connectivity index (χ0n) is 10.0. The molecular formula is C13H17N3O. The van der Waals surface area contributed by atoms with Crippen molar-refractivity contribution in [2.45, 2.75) is 25.9 Å². The Labute approximate surface area is 102 Å². The van der Waals surface area contributed by atoms with Crippen LogP contribution in [0.2, 0.25) is 0 Å². The number of ether oxygens (including phenoxy) is 1. The van der Waals surface area contributed by atoms with Crippen LogP contribution in [0.25, 0.3) is 0 Å². The van der Waals surface area contributed by atoms with Gasteiger partial charge in [-0.1, -0.05) is 0 Å². The third-order valence-electron chi connectivity index (χ3n) is 3.22. The molecule has 0 spiro atoms. The largest absolute Gasteiger partial charge is 0.474 e. The molecule has 1 fully saturated rings. The van der Waals surface area contributed by atoms with Crippen molar-refractivity contribution in [3.05, 3.63) is 23.9 Å². The molecule has 0 amide bonds. The lowest BCUT2D eigenvalue weighted by Crippen LogP contribution is -2.35. The number of aromatic nitrogens is 1. The molecule has 1 aliphatic heterocycles. The fraction of sp³-hybridized carbons (Fsp3) is 0.538. The van der Waals surface area contributed by atoms with Crippen LogP contribution in [0.4, 0.5) is 0 Å². The number of hydrogen-bond acceptors (Lipinski definition) is 4. The van der Waals surface area contributed by atoms with Gasteiger partial charge in [0, 0.05) is 12.3 Å². The van der Waals surface area contributed by atoms with Gasteiger partial charge in [-0.15, -0.1) is 0 Å². The minimum Gasteiger partial charge on any atom is -0.474 e. The summed E-state index contributed by atoms with van der Waals surface area (Å²) in [6.45, 7) is 4.20. The van der Waals surface area contributed by atoms with Gasteiger partial charge in [0.05, 0.1) is 11.6 Å².